The van der Waals surface area contributed by atoms with Crippen LogP contribution in [0.5, 0.6) is 0 Å². The molecule has 0 aliphatic rings. The second-order valence-electron chi connectivity index (χ2n) is 3.86. The van der Waals surface area contributed by atoms with Gasteiger partial charge in [-0.25, -0.2) is 4.79 Å². The number of esters is 1. The molecule has 106 valence electrons. The molecule has 1 heterocycles. The van der Waals surface area contributed by atoms with Gasteiger partial charge >= 0.3 is 5.97 Å². The molecule has 0 atom stereocenters. The van der Waals surface area contributed by atoms with Crippen molar-refractivity contribution in [3.63, 3.8) is 0 Å². The van der Waals surface area contributed by atoms with E-state index in [2.05, 4.69) is 5.32 Å². The minimum absolute atomic E-state index is 0.322. The fraction of sp³-hybridized carbons (Fsp3) is 0.500. The average molecular weight is 269 g/mol. The normalized spacial score (nSPS) is 10.2. The molecule has 19 heavy (non-hydrogen) atoms. The summed E-state index contributed by atoms with van der Waals surface area (Å²) in [5.74, 6) is -0.937. The van der Waals surface area contributed by atoms with E-state index in [-0.39, 0.29) is 12.5 Å². The molecule has 0 unspecified atom stereocenters. The lowest BCUT2D eigenvalue weighted by atomic mass is 10.4. The van der Waals surface area contributed by atoms with Crippen LogP contribution in [0.3, 0.4) is 0 Å². The smallest absolute Gasteiger partial charge is 0.355 e. The second kappa shape index (κ2) is 7.42. The van der Waals surface area contributed by atoms with Gasteiger partial charge < -0.3 is 25.1 Å². The molecule has 0 bridgehead atoms. The summed E-state index contributed by atoms with van der Waals surface area (Å²) in [4.78, 5) is 23.1. The first-order valence-corrected chi connectivity index (χ1v) is 5.96. The summed E-state index contributed by atoms with van der Waals surface area (Å²) in [7, 11) is 1.54. The highest BCUT2D eigenvalue weighted by Crippen LogP contribution is 2.11. The van der Waals surface area contributed by atoms with Crippen molar-refractivity contribution >= 4 is 17.6 Å². The third-order valence-electron chi connectivity index (χ3n) is 2.43. The van der Waals surface area contributed by atoms with Gasteiger partial charge in [0.05, 0.1) is 12.3 Å². The van der Waals surface area contributed by atoms with Gasteiger partial charge in [-0.05, 0) is 13.0 Å². The Morgan fingerprint density at radius 3 is 2.84 bits per heavy atom. The Kier molecular flexibility index (Phi) is 5.87. The largest absolute Gasteiger partial charge is 0.451 e. The summed E-state index contributed by atoms with van der Waals surface area (Å²) < 4.78 is 11.4. The van der Waals surface area contributed by atoms with Crippen LogP contribution >= 0.6 is 0 Å². The first-order valence-electron chi connectivity index (χ1n) is 5.96. The molecule has 1 aromatic rings. The molecule has 0 saturated heterocycles. The fourth-order valence-corrected chi connectivity index (χ4v) is 1.51. The number of hydrogen-bond donors (Lipinski definition) is 2. The standard InChI is InChI=1S/C12H19N3O4/c1-3-15-7-9(13)6-10(15)12(17)19-8-11(16)14-4-5-18-2/h6-7H,3-5,8,13H2,1-2H3,(H,14,16). The van der Waals surface area contributed by atoms with Gasteiger partial charge in [0.15, 0.2) is 6.61 Å². The average Bonchev–Trinajstić information content (AvgIpc) is 2.77. The van der Waals surface area contributed by atoms with Crippen molar-refractivity contribution in [1.29, 1.82) is 0 Å². The molecular formula is C12H19N3O4. The summed E-state index contributed by atoms with van der Waals surface area (Å²) in [6.45, 7) is 2.95. The summed E-state index contributed by atoms with van der Waals surface area (Å²) in [6.07, 6.45) is 1.65. The Hall–Kier alpha value is -2.02. The SMILES string of the molecule is CCn1cc(N)cc1C(=O)OCC(=O)NCCOC. The summed E-state index contributed by atoms with van der Waals surface area (Å²) in [5.41, 5.74) is 6.43. The number of amides is 1. The molecule has 3 N–H and O–H groups in total. The van der Waals surface area contributed by atoms with Crippen molar-refractivity contribution in [1.82, 2.24) is 9.88 Å². The van der Waals surface area contributed by atoms with Gasteiger partial charge in [-0.3, -0.25) is 4.79 Å². The first kappa shape index (κ1) is 15.0. The number of rotatable bonds is 7. The number of nitrogen functional groups attached to an aromatic ring is 1. The third kappa shape index (κ3) is 4.63. The highest BCUT2D eigenvalue weighted by atomic mass is 16.5. The molecule has 7 nitrogen and oxygen atoms in total. The van der Waals surface area contributed by atoms with Crippen molar-refractivity contribution < 1.29 is 19.1 Å². The topological polar surface area (TPSA) is 95.6 Å². The fourth-order valence-electron chi connectivity index (χ4n) is 1.51. The number of nitrogens with one attached hydrogen (secondary N) is 1. The Morgan fingerprint density at radius 2 is 2.21 bits per heavy atom. The number of ether oxygens (including phenoxy) is 2. The summed E-state index contributed by atoms with van der Waals surface area (Å²) in [5, 5.41) is 2.55. The van der Waals surface area contributed by atoms with E-state index in [1.165, 1.54) is 13.2 Å². The zero-order valence-corrected chi connectivity index (χ0v) is 11.1. The van der Waals surface area contributed by atoms with Crippen LogP contribution in [0.4, 0.5) is 5.69 Å². The predicted molar refractivity (Wildman–Crippen MR) is 69.7 cm³/mol. The molecule has 0 aliphatic heterocycles. The molecule has 1 aromatic heterocycles. The first-order chi connectivity index (χ1) is 9.08. The third-order valence-corrected chi connectivity index (χ3v) is 2.43. The van der Waals surface area contributed by atoms with E-state index >= 15 is 0 Å². The maximum atomic E-state index is 11.8. The quantitative estimate of drug-likeness (QED) is 0.537. The number of carbonyl (C=O) groups is 2. The maximum Gasteiger partial charge on any atom is 0.355 e. The number of carbonyl (C=O) groups excluding carboxylic acids is 2. The lowest BCUT2D eigenvalue weighted by Gasteiger charge is -2.07. The number of aryl methyl sites for hydroxylation is 1. The van der Waals surface area contributed by atoms with Crippen LogP contribution in [0.2, 0.25) is 0 Å². The van der Waals surface area contributed by atoms with Crippen LogP contribution in [0.1, 0.15) is 17.4 Å². The van der Waals surface area contributed by atoms with E-state index in [9.17, 15) is 9.59 Å². The van der Waals surface area contributed by atoms with Crippen LogP contribution in [0.15, 0.2) is 12.3 Å². The van der Waals surface area contributed by atoms with Crippen LogP contribution in [-0.4, -0.2) is 43.3 Å². The predicted octanol–water partition coefficient (Wildman–Crippen LogP) is 0.00960. The molecule has 1 rings (SSSR count). The lowest BCUT2D eigenvalue weighted by molar-refractivity contribution is -0.124. The number of nitrogens with two attached hydrogens (primary N) is 1. The minimum atomic E-state index is -0.569. The van der Waals surface area contributed by atoms with Crippen molar-refractivity contribution in [2.24, 2.45) is 0 Å². The van der Waals surface area contributed by atoms with Gasteiger partial charge in [0.25, 0.3) is 5.91 Å². The Labute approximate surface area is 111 Å². The van der Waals surface area contributed by atoms with Gasteiger partial charge in [0.2, 0.25) is 0 Å². The highest BCUT2D eigenvalue weighted by molar-refractivity contribution is 5.91. The Balaban J connectivity index is 2.44. The molecule has 0 aliphatic carbocycles. The number of aromatic nitrogens is 1. The second-order valence-corrected chi connectivity index (χ2v) is 3.86. The van der Waals surface area contributed by atoms with Crippen LogP contribution in [0.25, 0.3) is 0 Å². The van der Waals surface area contributed by atoms with Crippen LogP contribution in [-0.2, 0) is 20.8 Å². The zero-order chi connectivity index (χ0) is 14.3. The maximum absolute atomic E-state index is 11.8. The number of methoxy groups -OCH3 is 1. The van der Waals surface area contributed by atoms with Gasteiger partial charge in [0, 0.05) is 26.4 Å². The number of anilines is 1. The van der Waals surface area contributed by atoms with E-state index in [0.29, 0.717) is 31.1 Å². The summed E-state index contributed by atoms with van der Waals surface area (Å²) in [6, 6.07) is 1.52. The monoisotopic (exact) mass is 269 g/mol. The Morgan fingerprint density at radius 1 is 1.47 bits per heavy atom. The Bertz CT molecular complexity index is 442. The molecule has 0 spiro atoms. The molecule has 0 fully saturated rings. The minimum Gasteiger partial charge on any atom is -0.451 e. The molecule has 0 aromatic carbocycles. The van der Waals surface area contributed by atoms with E-state index in [4.69, 9.17) is 15.2 Å². The van der Waals surface area contributed by atoms with Crippen molar-refractivity contribution in [2.75, 3.05) is 32.6 Å². The number of hydrogen-bond acceptors (Lipinski definition) is 5. The van der Waals surface area contributed by atoms with E-state index in [0.717, 1.165) is 0 Å². The van der Waals surface area contributed by atoms with Crippen molar-refractivity contribution in [2.45, 2.75) is 13.5 Å². The van der Waals surface area contributed by atoms with Crippen LogP contribution in [0, 0.1) is 0 Å². The zero-order valence-electron chi connectivity index (χ0n) is 11.1. The van der Waals surface area contributed by atoms with E-state index < -0.39 is 5.97 Å². The van der Waals surface area contributed by atoms with Gasteiger partial charge in [-0.2, -0.15) is 0 Å². The van der Waals surface area contributed by atoms with E-state index in [1.807, 2.05) is 6.92 Å². The van der Waals surface area contributed by atoms with Crippen molar-refractivity contribution in [3.8, 4) is 0 Å². The molecule has 7 heteroatoms. The van der Waals surface area contributed by atoms with Gasteiger partial charge in [-0.1, -0.05) is 0 Å². The molecule has 0 saturated carbocycles. The van der Waals surface area contributed by atoms with E-state index in [1.54, 1.807) is 10.8 Å². The van der Waals surface area contributed by atoms with Gasteiger partial charge in [0.1, 0.15) is 5.69 Å². The molecular weight excluding hydrogens is 250 g/mol. The lowest BCUT2D eigenvalue weighted by Crippen LogP contribution is -2.31. The molecule has 1 amide bonds. The highest BCUT2D eigenvalue weighted by Gasteiger charge is 2.14. The van der Waals surface area contributed by atoms with Gasteiger partial charge in [-0.15, -0.1) is 0 Å². The summed E-state index contributed by atoms with van der Waals surface area (Å²) >= 11 is 0. The van der Waals surface area contributed by atoms with Crippen LogP contribution < -0.4 is 11.1 Å². The van der Waals surface area contributed by atoms with Crippen molar-refractivity contribution in [3.05, 3.63) is 18.0 Å². The molecule has 0 radical (unpaired) electrons. The number of nitrogens with zero attached hydrogens (tertiary/aromatic N) is 1.